The van der Waals surface area contributed by atoms with Crippen LogP contribution in [0.25, 0.3) is 66.4 Å². The molecule has 0 fully saturated rings. The maximum absolute atomic E-state index is 6.89. The number of fused-ring (bicyclic) bond motifs is 16. The van der Waals surface area contributed by atoms with Crippen LogP contribution >= 0.6 is 0 Å². The van der Waals surface area contributed by atoms with Gasteiger partial charge in [-0.05, 0) is 156 Å². The van der Waals surface area contributed by atoms with E-state index >= 15 is 0 Å². The lowest BCUT2D eigenvalue weighted by molar-refractivity contribution is 0.590. The van der Waals surface area contributed by atoms with Crippen molar-refractivity contribution in [2.24, 2.45) is 0 Å². The SMILES string of the molecule is CC(C)(C)c1ccc(N2B3c4cccc5c4N(c4ccccc4C54c5ccccc5-c5ccccc54)c4cc(N(c5cccc(-c6ccccc6)c5)c5cccc(-c6ccccc6)c5)cc(c43)-c3cc4oc5ccccc5c4cc32)cc1. The lowest BCUT2D eigenvalue weighted by atomic mass is 9.42. The first-order valence-electron chi connectivity index (χ1n) is 28.7. The fourth-order valence-corrected chi connectivity index (χ4v) is 14.6. The lowest BCUT2D eigenvalue weighted by Gasteiger charge is -2.51. The third-order valence-corrected chi connectivity index (χ3v) is 18.1. The van der Waals surface area contributed by atoms with Crippen molar-refractivity contribution >= 4 is 85.2 Å². The molecule has 0 bridgehead atoms. The molecule has 4 nitrogen and oxygen atoms in total. The van der Waals surface area contributed by atoms with Crippen LogP contribution < -0.4 is 25.5 Å². The molecule has 0 amide bonds. The molecule has 1 aromatic heterocycles. The van der Waals surface area contributed by atoms with Gasteiger partial charge in [0.25, 0.3) is 0 Å². The molecule has 1 spiro atoms. The van der Waals surface area contributed by atoms with Crippen molar-refractivity contribution in [3.8, 4) is 44.5 Å². The number of rotatable bonds is 6. The van der Waals surface area contributed by atoms with E-state index in [1.165, 1.54) is 77.9 Å². The Kier molecular flexibility index (Phi) is 9.96. The average Bonchev–Trinajstić information content (AvgIpc) is 2.59. The summed E-state index contributed by atoms with van der Waals surface area (Å²) in [7, 11) is 0. The average molecular weight is 1050 g/mol. The van der Waals surface area contributed by atoms with Crippen LogP contribution in [0.15, 0.2) is 277 Å². The molecule has 5 heteroatoms. The number of nitrogens with zero attached hydrogens (tertiary/aromatic N) is 3. The Bertz CT molecular complexity index is 4640. The second-order valence-corrected chi connectivity index (χ2v) is 23.6. The number of hydrogen-bond acceptors (Lipinski definition) is 4. The highest BCUT2D eigenvalue weighted by Gasteiger charge is 2.56. The van der Waals surface area contributed by atoms with Gasteiger partial charge < -0.3 is 19.0 Å². The van der Waals surface area contributed by atoms with E-state index in [0.717, 1.165) is 72.8 Å². The van der Waals surface area contributed by atoms with Crippen molar-refractivity contribution in [2.75, 3.05) is 14.6 Å². The highest BCUT2D eigenvalue weighted by molar-refractivity contribution is 6.93. The molecule has 0 unspecified atom stereocenters. The van der Waals surface area contributed by atoms with Crippen LogP contribution in [0.2, 0.25) is 0 Å². The Morgan fingerprint density at radius 3 is 1.63 bits per heavy atom. The molecule has 4 aliphatic rings. The molecule has 0 N–H and O–H groups in total. The van der Waals surface area contributed by atoms with Crippen molar-refractivity contribution in [3.63, 3.8) is 0 Å². The molecule has 0 radical (unpaired) electrons. The first-order chi connectivity index (χ1) is 40.3. The number of anilines is 8. The molecular formula is C77H54BN3O. The third-order valence-electron chi connectivity index (χ3n) is 18.1. The van der Waals surface area contributed by atoms with Crippen LogP contribution in [0.3, 0.4) is 0 Å². The zero-order valence-corrected chi connectivity index (χ0v) is 45.8. The number of hydrogen-bond donors (Lipinski definition) is 0. The van der Waals surface area contributed by atoms with Crippen LogP contribution in [0.1, 0.15) is 48.6 Å². The Hall–Kier alpha value is -10.1. The molecule has 82 heavy (non-hydrogen) atoms. The van der Waals surface area contributed by atoms with Gasteiger partial charge in [-0.15, -0.1) is 0 Å². The summed E-state index contributed by atoms with van der Waals surface area (Å²) >= 11 is 0. The van der Waals surface area contributed by atoms with Gasteiger partial charge in [0, 0.05) is 56.1 Å². The van der Waals surface area contributed by atoms with E-state index in [1.807, 2.05) is 0 Å². The summed E-state index contributed by atoms with van der Waals surface area (Å²) in [5.41, 5.74) is 28.6. The highest BCUT2D eigenvalue weighted by atomic mass is 16.3. The smallest absolute Gasteiger partial charge is 0.333 e. The lowest BCUT2D eigenvalue weighted by Crippen LogP contribution is -2.62. The van der Waals surface area contributed by atoms with E-state index in [9.17, 15) is 0 Å². The first-order valence-corrected chi connectivity index (χ1v) is 28.7. The van der Waals surface area contributed by atoms with E-state index < -0.39 is 5.41 Å². The second kappa shape index (κ2) is 17.5. The molecule has 12 aromatic carbocycles. The molecule has 386 valence electrons. The maximum atomic E-state index is 6.89. The standard InChI is InChI=1S/C77H54BN3O/c1-76(2,3)53-39-41-54(42-40-53)81-70-47-62-60-31-12-17-38-72(60)82-73(62)48-61(70)63-45-57(79(55-27-18-25-51(43-55)49-21-6-4-7-22-49)56-28-19-26-52(44-56)50-23-8-5-9-24-50)46-71-74(63)78(81)68-36-20-35-67-75(68)80(71)69-37-16-15-34-66(69)77(67)64-32-13-10-29-58(64)59-30-11-14-33-65(59)77/h4-48H,1-3H3. The molecule has 0 saturated carbocycles. The Morgan fingerprint density at radius 1 is 0.390 bits per heavy atom. The molecule has 0 saturated heterocycles. The van der Waals surface area contributed by atoms with E-state index in [-0.39, 0.29) is 12.3 Å². The molecule has 3 aliphatic heterocycles. The summed E-state index contributed by atoms with van der Waals surface area (Å²) in [5.74, 6) is 0. The van der Waals surface area contributed by atoms with Crippen LogP contribution in [0.5, 0.6) is 0 Å². The monoisotopic (exact) mass is 1050 g/mol. The number of para-hydroxylation sites is 3. The highest BCUT2D eigenvalue weighted by Crippen LogP contribution is 2.64. The summed E-state index contributed by atoms with van der Waals surface area (Å²) in [6.07, 6.45) is 0. The molecule has 1 aliphatic carbocycles. The predicted octanol–water partition coefficient (Wildman–Crippen LogP) is 19.1. The van der Waals surface area contributed by atoms with E-state index in [0.29, 0.717) is 0 Å². The van der Waals surface area contributed by atoms with E-state index in [4.69, 9.17) is 4.42 Å². The summed E-state index contributed by atoms with van der Waals surface area (Å²) in [4.78, 5) is 7.80. The Labute approximate surface area is 478 Å². The number of furan rings is 1. The molecule has 17 rings (SSSR count). The topological polar surface area (TPSA) is 22.9 Å². The largest absolute Gasteiger partial charge is 0.456 e. The van der Waals surface area contributed by atoms with Gasteiger partial charge >= 0.3 is 6.85 Å². The minimum Gasteiger partial charge on any atom is -0.456 e. The first kappa shape index (κ1) is 46.8. The molecule has 4 heterocycles. The normalized spacial score (nSPS) is 13.8. The third kappa shape index (κ3) is 6.62. The van der Waals surface area contributed by atoms with Crippen molar-refractivity contribution in [3.05, 3.63) is 301 Å². The van der Waals surface area contributed by atoms with Crippen LogP contribution in [-0.2, 0) is 10.8 Å². The van der Waals surface area contributed by atoms with Crippen molar-refractivity contribution in [1.82, 2.24) is 0 Å². The zero-order chi connectivity index (χ0) is 54.4. The minimum atomic E-state index is -0.598. The summed E-state index contributed by atoms with van der Waals surface area (Å²) in [5, 5.41) is 2.21. The van der Waals surface area contributed by atoms with Gasteiger partial charge in [0.1, 0.15) is 11.2 Å². The van der Waals surface area contributed by atoms with E-state index in [2.05, 4.69) is 308 Å². The number of benzene rings is 12. The van der Waals surface area contributed by atoms with E-state index in [1.54, 1.807) is 0 Å². The van der Waals surface area contributed by atoms with Gasteiger partial charge in [0.2, 0.25) is 0 Å². The van der Waals surface area contributed by atoms with Gasteiger partial charge in [-0.25, -0.2) is 0 Å². The van der Waals surface area contributed by atoms with Crippen molar-refractivity contribution < 1.29 is 4.42 Å². The Balaban J connectivity index is 1.01. The molecular weight excluding hydrogens is 994 g/mol. The maximum Gasteiger partial charge on any atom is 0.333 e. The van der Waals surface area contributed by atoms with Gasteiger partial charge in [0.15, 0.2) is 0 Å². The second-order valence-electron chi connectivity index (χ2n) is 23.6. The summed E-state index contributed by atoms with van der Waals surface area (Å²) < 4.78 is 6.89. The van der Waals surface area contributed by atoms with Crippen molar-refractivity contribution in [1.29, 1.82) is 0 Å². The fraction of sp³-hybridized carbons (Fsp3) is 0.0649. The van der Waals surface area contributed by atoms with Crippen LogP contribution in [0, 0.1) is 0 Å². The predicted molar refractivity (Wildman–Crippen MR) is 343 cm³/mol. The fourth-order valence-electron chi connectivity index (χ4n) is 14.6. The van der Waals surface area contributed by atoms with Gasteiger partial charge in [-0.2, -0.15) is 0 Å². The minimum absolute atomic E-state index is 0.0249. The van der Waals surface area contributed by atoms with Gasteiger partial charge in [-0.3, -0.25) is 0 Å². The summed E-state index contributed by atoms with van der Waals surface area (Å²) in [6, 6.07) is 102. The summed E-state index contributed by atoms with van der Waals surface area (Å²) in [6.45, 7) is 6.67. The molecule has 0 atom stereocenters. The van der Waals surface area contributed by atoms with Crippen LogP contribution in [-0.4, -0.2) is 6.85 Å². The quantitative estimate of drug-likeness (QED) is 0.155. The zero-order valence-electron chi connectivity index (χ0n) is 45.8. The Morgan fingerprint density at radius 2 is 0.963 bits per heavy atom. The molecule has 13 aromatic rings. The van der Waals surface area contributed by atoms with Gasteiger partial charge in [0.05, 0.1) is 11.1 Å². The van der Waals surface area contributed by atoms with Crippen LogP contribution in [0.4, 0.5) is 45.5 Å². The van der Waals surface area contributed by atoms with Gasteiger partial charge in [-0.1, -0.05) is 221 Å². The van der Waals surface area contributed by atoms with Crippen molar-refractivity contribution in [2.45, 2.75) is 31.6 Å².